The predicted molar refractivity (Wildman–Crippen MR) is 139 cm³/mol. The van der Waals surface area contributed by atoms with E-state index in [-0.39, 0.29) is 30.4 Å². The molecule has 0 radical (unpaired) electrons. The highest BCUT2D eigenvalue weighted by Gasteiger charge is 2.73. The van der Waals surface area contributed by atoms with Gasteiger partial charge in [0.25, 0.3) is 0 Å². The molecule has 0 aromatic heterocycles. The number of unbranched alkanes of at least 4 members (excludes halogenated alkanes) is 1. The Bertz CT molecular complexity index is 931. The molecule has 7 nitrogen and oxygen atoms in total. The molecule has 0 aromatic carbocycles. The molecule has 3 fully saturated rings. The van der Waals surface area contributed by atoms with Crippen molar-refractivity contribution in [3.05, 3.63) is 24.3 Å². The molecule has 0 bridgehead atoms. The summed E-state index contributed by atoms with van der Waals surface area (Å²) in [6.07, 6.45) is 17.8. The smallest absolute Gasteiger partial charge is 0.311 e. The van der Waals surface area contributed by atoms with E-state index in [1.807, 2.05) is 11.8 Å². The zero-order valence-electron chi connectivity index (χ0n) is 21.4. The lowest BCUT2D eigenvalue weighted by Gasteiger charge is -2.40. The van der Waals surface area contributed by atoms with Crippen LogP contribution >= 0.6 is 11.8 Å². The van der Waals surface area contributed by atoms with Crippen molar-refractivity contribution in [2.45, 2.75) is 92.7 Å². The van der Waals surface area contributed by atoms with Gasteiger partial charge in [0.05, 0.1) is 23.2 Å². The van der Waals surface area contributed by atoms with Crippen molar-refractivity contribution in [3.63, 3.8) is 0 Å². The van der Waals surface area contributed by atoms with Crippen LogP contribution in [0.15, 0.2) is 24.3 Å². The molecule has 4 aliphatic heterocycles. The summed E-state index contributed by atoms with van der Waals surface area (Å²) in [6, 6.07) is -0.443. The standard InChI is InChI=1S/C28H40N2O5S/c1-27-14-7-2-3-10-19-35-26(34)22(27)21-24(32)30(16-8-9-18-31)23-25(33)29(20-12-5-4-6-13-20)17-11-15-28(21,23)36-27/h7,11,14-15,20-23,31H,2-6,8-10,12-13,16-19H2,1H3/b14-7-/t21-,22+,23?,27-,28-/m0/s1. The number of carbonyl (C=O) groups excluding carboxylic acids is 3. The number of nitrogens with zero attached hydrogens (tertiary/aromatic N) is 2. The Morgan fingerprint density at radius 3 is 2.58 bits per heavy atom. The van der Waals surface area contributed by atoms with Crippen LogP contribution in [-0.2, 0) is 19.1 Å². The normalized spacial score (nSPS) is 38.3. The van der Waals surface area contributed by atoms with Gasteiger partial charge in [-0.15, -0.1) is 11.8 Å². The number of thioether (sulfide) groups is 1. The third-order valence-corrected chi connectivity index (χ3v) is 10.7. The Hall–Kier alpha value is -1.80. The minimum atomic E-state index is -0.812. The average Bonchev–Trinajstić information content (AvgIpc) is 3.19. The molecule has 198 valence electrons. The van der Waals surface area contributed by atoms with Gasteiger partial charge in [-0.05, 0) is 51.9 Å². The molecule has 1 aliphatic carbocycles. The second kappa shape index (κ2) is 10.5. The van der Waals surface area contributed by atoms with Crippen molar-refractivity contribution in [2.24, 2.45) is 11.8 Å². The molecular formula is C28H40N2O5S. The summed E-state index contributed by atoms with van der Waals surface area (Å²) in [5.41, 5.74) is 0. The molecule has 5 rings (SSSR count). The van der Waals surface area contributed by atoms with Crippen LogP contribution in [0.4, 0.5) is 0 Å². The van der Waals surface area contributed by atoms with Gasteiger partial charge in [-0.25, -0.2) is 0 Å². The monoisotopic (exact) mass is 516 g/mol. The van der Waals surface area contributed by atoms with Gasteiger partial charge in [-0.3, -0.25) is 14.4 Å². The number of esters is 1. The van der Waals surface area contributed by atoms with Gasteiger partial charge in [0.2, 0.25) is 11.8 Å². The Labute approximate surface area is 218 Å². The number of fused-ring (bicyclic) bond motifs is 2. The van der Waals surface area contributed by atoms with Crippen molar-refractivity contribution < 1.29 is 24.2 Å². The fourth-order valence-corrected chi connectivity index (χ4v) is 9.32. The first kappa shape index (κ1) is 25.8. The topological polar surface area (TPSA) is 87.1 Å². The van der Waals surface area contributed by atoms with E-state index in [0.29, 0.717) is 32.5 Å². The van der Waals surface area contributed by atoms with Crippen LogP contribution in [0, 0.1) is 11.8 Å². The summed E-state index contributed by atoms with van der Waals surface area (Å²) < 4.78 is 4.29. The highest BCUT2D eigenvalue weighted by molar-refractivity contribution is 8.02. The number of hydrogen-bond acceptors (Lipinski definition) is 6. The van der Waals surface area contributed by atoms with Crippen molar-refractivity contribution in [3.8, 4) is 0 Å². The van der Waals surface area contributed by atoms with Gasteiger partial charge in [0.1, 0.15) is 6.04 Å². The van der Waals surface area contributed by atoms with Crippen LogP contribution in [-0.4, -0.2) is 80.6 Å². The van der Waals surface area contributed by atoms with Gasteiger partial charge in [-0.2, -0.15) is 0 Å². The summed E-state index contributed by atoms with van der Waals surface area (Å²) in [5.74, 6) is -1.71. The van der Waals surface area contributed by atoms with Crippen molar-refractivity contribution in [2.75, 3.05) is 26.3 Å². The molecule has 4 heterocycles. The largest absolute Gasteiger partial charge is 0.465 e. The van der Waals surface area contributed by atoms with Crippen LogP contribution in [0.25, 0.3) is 0 Å². The Kier molecular flexibility index (Phi) is 7.55. The minimum absolute atomic E-state index is 0.0175. The first-order valence-corrected chi connectivity index (χ1v) is 14.7. The Morgan fingerprint density at radius 2 is 1.81 bits per heavy atom. The van der Waals surface area contributed by atoms with Crippen LogP contribution in [0.3, 0.4) is 0 Å². The molecular weight excluding hydrogens is 476 g/mol. The van der Waals surface area contributed by atoms with E-state index in [1.165, 1.54) is 6.42 Å². The maximum Gasteiger partial charge on any atom is 0.311 e. The molecule has 1 spiro atoms. The lowest BCUT2D eigenvalue weighted by molar-refractivity contribution is -0.154. The molecule has 0 aromatic rings. The number of carbonyl (C=O) groups is 3. The summed E-state index contributed by atoms with van der Waals surface area (Å²) in [4.78, 5) is 45.9. The van der Waals surface area contributed by atoms with Gasteiger partial charge in [0, 0.05) is 30.5 Å². The fraction of sp³-hybridized carbons (Fsp3) is 0.750. The quantitative estimate of drug-likeness (QED) is 0.342. The number of likely N-dealkylation sites (tertiary alicyclic amines) is 1. The molecule has 1 saturated carbocycles. The molecule has 1 N–H and O–H groups in total. The Morgan fingerprint density at radius 1 is 1.00 bits per heavy atom. The molecule has 1 unspecified atom stereocenters. The molecule has 36 heavy (non-hydrogen) atoms. The SMILES string of the molecule is C[C@]12/C=C\CCCCOC(=O)[C@H]1[C@H]1C(=O)N(CCCCO)C3C(=O)N(C4CCCCC4)CC=C[C@@]31S2. The van der Waals surface area contributed by atoms with Crippen LogP contribution in [0.5, 0.6) is 0 Å². The summed E-state index contributed by atoms with van der Waals surface area (Å²) in [6.45, 7) is 3.42. The number of allylic oxidation sites excluding steroid dienone is 1. The first-order valence-electron chi connectivity index (χ1n) is 13.9. The second-order valence-electron chi connectivity index (χ2n) is 11.2. The van der Waals surface area contributed by atoms with Crippen molar-refractivity contribution >= 4 is 29.5 Å². The molecule has 5 aliphatic rings. The number of aliphatic hydroxyl groups is 1. The number of rotatable bonds is 5. The predicted octanol–water partition coefficient (Wildman–Crippen LogP) is 3.46. The van der Waals surface area contributed by atoms with Crippen LogP contribution in [0.2, 0.25) is 0 Å². The number of hydrogen-bond donors (Lipinski definition) is 1. The highest BCUT2D eigenvalue weighted by Crippen LogP contribution is 2.65. The maximum atomic E-state index is 14.4. The van der Waals surface area contributed by atoms with Crippen LogP contribution < -0.4 is 0 Å². The lowest BCUT2D eigenvalue weighted by atomic mass is 9.74. The van der Waals surface area contributed by atoms with E-state index < -0.39 is 27.4 Å². The summed E-state index contributed by atoms with van der Waals surface area (Å²) in [7, 11) is 0. The van der Waals surface area contributed by atoms with E-state index in [9.17, 15) is 19.5 Å². The van der Waals surface area contributed by atoms with E-state index >= 15 is 0 Å². The van der Waals surface area contributed by atoms with Gasteiger partial charge in [0.15, 0.2) is 0 Å². The minimum Gasteiger partial charge on any atom is -0.465 e. The van der Waals surface area contributed by atoms with E-state index in [0.717, 1.165) is 44.9 Å². The Balaban J connectivity index is 1.58. The average molecular weight is 517 g/mol. The third kappa shape index (κ3) is 4.32. The van der Waals surface area contributed by atoms with E-state index in [4.69, 9.17) is 4.74 Å². The number of cyclic esters (lactones) is 1. The van der Waals surface area contributed by atoms with E-state index in [1.54, 1.807) is 16.7 Å². The highest BCUT2D eigenvalue weighted by atomic mass is 32.2. The third-order valence-electron chi connectivity index (χ3n) is 8.85. The van der Waals surface area contributed by atoms with Gasteiger partial charge >= 0.3 is 5.97 Å². The van der Waals surface area contributed by atoms with Gasteiger partial charge in [-0.1, -0.05) is 43.6 Å². The number of aliphatic hydroxyl groups excluding tert-OH is 1. The van der Waals surface area contributed by atoms with Crippen molar-refractivity contribution in [1.82, 2.24) is 9.80 Å². The zero-order chi connectivity index (χ0) is 25.3. The zero-order valence-corrected chi connectivity index (χ0v) is 22.2. The lowest BCUT2D eigenvalue weighted by Crippen LogP contribution is -2.55. The van der Waals surface area contributed by atoms with Crippen LogP contribution in [0.1, 0.15) is 71.1 Å². The van der Waals surface area contributed by atoms with Crippen molar-refractivity contribution in [1.29, 1.82) is 0 Å². The summed E-state index contributed by atoms with van der Waals surface area (Å²) >= 11 is 1.62. The molecule has 2 saturated heterocycles. The first-order chi connectivity index (χ1) is 17.4. The molecule has 5 atom stereocenters. The molecule has 8 heteroatoms. The number of amides is 2. The molecule has 2 amide bonds. The summed E-state index contributed by atoms with van der Waals surface area (Å²) in [5, 5.41) is 9.38. The second-order valence-corrected chi connectivity index (χ2v) is 13.0. The van der Waals surface area contributed by atoms with Gasteiger partial charge < -0.3 is 19.6 Å². The van der Waals surface area contributed by atoms with E-state index in [2.05, 4.69) is 24.3 Å². The number of ether oxygens (including phenoxy) is 1. The maximum absolute atomic E-state index is 14.4. The fourth-order valence-electron chi connectivity index (χ4n) is 7.17.